The molecule has 0 radical (unpaired) electrons. The van der Waals surface area contributed by atoms with Crippen molar-refractivity contribution in [3.63, 3.8) is 0 Å². The van der Waals surface area contributed by atoms with Crippen molar-refractivity contribution in [1.29, 1.82) is 0 Å². The molecule has 3 aromatic heterocycles. The molecule has 4 N–H and O–H groups in total. The molecule has 16 heteroatoms. The third kappa shape index (κ3) is 6.71. The predicted octanol–water partition coefficient (Wildman–Crippen LogP) is 2.80. The lowest BCUT2D eigenvalue weighted by Gasteiger charge is -2.35. The smallest absolute Gasteiger partial charge is 0.266 e. The van der Waals surface area contributed by atoms with Gasteiger partial charge in [-0.2, -0.15) is 0 Å². The number of fused-ring (bicyclic) bond motifs is 2. The van der Waals surface area contributed by atoms with Gasteiger partial charge in [0.2, 0.25) is 11.9 Å². The van der Waals surface area contributed by atoms with Gasteiger partial charge in [0.25, 0.3) is 21.8 Å². The number of ether oxygens (including phenoxy) is 1. The zero-order valence-corrected chi connectivity index (χ0v) is 27.7. The highest BCUT2D eigenvalue weighted by atomic mass is 32.2. The van der Waals surface area contributed by atoms with Gasteiger partial charge in [0.15, 0.2) is 0 Å². The Hall–Kier alpha value is -5.32. The molecular weight excluding hydrogens is 636 g/mol. The zero-order valence-electron chi connectivity index (χ0n) is 26.9. The Labute approximate surface area is 277 Å². The maximum atomic E-state index is 13.1. The fourth-order valence-corrected chi connectivity index (χ4v) is 6.77. The van der Waals surface area contributed by atoms with E-state index in [2.05, 4.69) is 42.5 Å². The van der Waals surface area contributed by atoms with E-state index in [1.54, 1.807) is 36.3 Å². The van der Waals surface area contributed by atoms with Gasteiger partial charge < -0.3 is 25.3 Å². The first-order valence-electron chi connectivity index (χ1n) is 15.2. The number of carbonyl (C=O) groups excluding carboxylic acids is 2. The standard InChI is InChI=1S/C25H31N9O2.C7H5NO3S/c1-16(34-12-10-32(2)11-13-34)23(35)28-20-7-5-6-17-18(14-27-22(17)20)19-8-9-26-25(29-19)30-21-15-33(3)31-24(21)36-4;9-7-5-3-1-2-4-6(5)12(10,11)8-7/h5-9,14-16,27H,10-13H2,1-4H3,(H,28,35)(H,26,29,30);1-4H,(H,8,9)/t16-;/m1./s1. The molecule has 2 amide bonds. The topological polar surface area (TPSA) is 179 Å². The highest BCUT2D eigenvalue weighted by Crippen LogP contribution is 2.32. The average Bonchev–Trinajstić information content (AvgIpc) is 3.74. The van der Waals surface area contributed by atoms with Crippen molar-refractivity contribution >= 4 is 50.1 Å². The fourth-order valence-electron chi connectivity index (χ4n) is 5.60. The number of para-hydroxylation sites is 1. The van der Waals surface area contributed by atoms with Crippen LogP contribution >= 0.6 is 0 Å². The Bertz CT molecular complexity index is 2090. The van der Waals surface area contributed by atoms with Crippen molar-refractivity contribution in [3.05, 3.63) is 72.7 Å². The highest BCUT2D eigenvalue weighted by molar-refractivity contribution is 7.90. The van der Waals surface area contributed by atoms with E-state index >= 15 is 0 Å². The van der Waals surface area contributed by atoms with Crippen LogP contribution in [-0.2, 0) is 21.9 Å². The highest BCUT2D eigenvalue weighted by Gasteiger charge is 2.31. The van der Waals surface area contributed by atoms with Crippen molar-refractivity contribution in [1.82, 2.24) is 39.3 Å². The van der Waals surface area contributed by atoms with Gasteiger partial charge in [-0.1, -0.05) is 24.3 Å². The van der Waals surface area contributed by atoms with Gasteiger partial charge >= 0.3 is 0 Å². The molecule has 5 aromatic rings. The molecule has 1 atom stereocenters. The van der Waals surface area contributed by atoms with E-state index < -0.39 is 15.9 Å². The van der Waals surface area contributed by atoms with E-state index in [9.17, 15) is 18.0 Å². The predicted molar refractivity (Wildman–Crippen MR) is 181 cm³/mol. The van der Waals surface area contributed by atoms with Gasteiger partial charge in [0.05, 0.1) is 41.8 Å². The lowest BCUT2D eigenvalue weighted by atomic mass is 10.1. The second-order valence-corrected chi connectivity index (χ2v) is 13.1. The number of nitrogens with zero attached hydrogens (tertiary/aromatic N) is 6. The van der Waals surface area contributed by atoms with Crippen LogP contribution in [0.3, 0.4) is 0 Å². The van der Waals surface area contributed by atoms with Crippen LogP contribution in [0.25, 0.3) is 22.2 Å². The summed E-state index contributed by atoms with van der Waals surface area (Å²) < 4.78 is 31.1. The number of nitrogens with one attached hydrogen (secondary N) is 4. The number of methoxy groups -OCH3 is 1. The molecule has 48 heavy (non-hydrogen) atoms. The molecule has 1 fully saturated rings. The number of piperazine rings is 1. The van der Waals surface area contributed by atoms with E-state index in [1.807, 2.05) is 49.2 Å². The number of aromatic amines is 1. The number of carbonyl (C=O) groups is 2. The summed E-state index contributed by atoms with van der Waals surface area (Å²) in [6.45, 7) is 5.68. The maximum Gasteiger partial charge on any atom is 0.266 e. The van der Waals surface area contributed by atoms with Crippen LogP contribution in [0.5, 0.6) is 5.88 Å². The summed E-state index contributed by atoms with van der Waals surface area (Å²) in [5.74, 6) is 0.330. The molecule has 250 valence electrons. The van der Waals surface area contributed by atoms with Crippen molar-refractivity contribution in [3.8, 4) is 17.1 Å². The number of hydrogen-bond donors (Lipinski definition) is 4. The quantitative estimate of drug-likeness (QED) is 0.200. The first kappa shape index (κ1) is 32.6. The van der Waals surface area contributed by atoms with E-state index in [0.29, 0.717) is 17.5 Å². The first-order valence-corrected chi connectivity index (χ1v) is 16.7. The number of rotatable bonds is 7. The van der Waals surface area contributed by atoms with Crippen LogP contribution in [0.2, 0.25) is 0 Å². The summed E-state index contributed by atoms with van der Waals surface area (Å²) in [7, 11) is 1.94. The second kappa shape index (κ2) is 13.4. The lowest BCUT2D eigenvalue weighted by molar-refractivity contribution is -0.121. The Morgan fingerprint density at radius 1 is 1.00 bits per heavy atom. The number of benzene rings is 2. The molecule has 2 aliphatic rings. The van der Waals surface area contributed by atoms with E-state index in [4.69, 9.17) is 9.72 Å². The largest absolute Gasteiger partial charge is 0.478 e. The third-order valence-corrected chi connectivity index (χ3v) is 9.64. The number of anilines is 3. The Morgan fingerprint density at radius 2 is 1.77 bits per heavy atom. The van der Waals surface area contributed by atoms with Gasteiger partial charge in [-0.25, -0.2) is 23.1 Å². The Morgan fingerprint density at radius 3 is 2.52 bits per heavy atom. The molecule has 0 spiro atoms. The van der Waals surface area contributed by atoms with Gasteiger partial charge in [-0.3, -0.25) is 19.2 Å². The van der Waals surface area contributed by atoms with Crippen LogP contribution in [0, 0.1) is 0 Å². The molecule has 0 aliphatic carbocycles. The minimum absolute atomic E-state index is 0.0119. The first-order chi connectivity index (χ1) is 23.0. The number of H-pyrrole nitrogens is 1. The van der Waals surface area contributed by atoms with Gasteiger partial charge in [-0.15, -0.1) is 5.10 Å². The summed E-state index contributed by atoms with van der Waals surface area (Å²) in [5.41, 5.74) is 4.16. The molecular formula is C32H36N10O5S. The van der Waals surface area contributed by atoms with Crippen LogP contribution < -0.4 is 20.1 Å². The fraction of sp³-hybridized carbons (Fsp3) is 0.281. The summed E-state index contributed by atoms with van der Waals surface area (Å²) >= 11 is 0. The van der Waals surface area contributed by atoms with Crippen molar-refractivity contribution in [2.45, 2.75) is 17.9 Å². The van der Waals surface area contributed by atoms with Crippen molar-refractivity contribution in [2.75, 3.05) is 51.0 Å². The number of sulfonamides is 1. The minimum Gasteiger partial charge on any atom is -0.478 e. The molecule has 0 bridgehead atoms. The molecule has 7 rings (SSSR count). The van der Waals surface area contributed by atoms with Crippen LogP contribution in [0.15, 0.2) is 72.0 Å². The van der Waals surface area contributed by atoms with Crippen molar-refractivity contribution < 1.29 is 22.7 Å². The number of likely N-dealkylation sites (N-methyl/N-ethyl adjacent to an activating group) is 1. The number of hydrogen-bond acceptors (Lipinski definition) is 11. The minimum atomic E-state index is -3.55. The second-order valence-electron chi connectivity index (χ2n) is 11.5. The molecule has 0 unspecified atom stereocenters. The monoisotopic (exact) mass is 672 g/mol. The summed E-state index contributed by atoms with van der Waals surface area (Å²) in [5, 5.41) is 11.5. The van der Waals surface area contributed by atoms with Crippen LogP contribution in [-0.4, -0.2) is 101 Å². The van der Waals surface area contributed by atoms with E-state index in [0.717, 1.165) is 54.0 Å². The number of aryl methyl sites for hydroxylation is 1. The SMILES string of the molecule is COc1nn(C)cc1Nc1nccc(-c2c[nH]c3c(NC(=O)[C@@H](C)N4CCN(C)CC4)cccc23)n1.O=C1NS(=O)(=O)c2ccccc21. The number of aromatic nitrogens is 5. The summed E-state index contributed by atoms with van der Waals surface area (Å²) in [6.07, 6.45) is 5.41. The lowest BCUT2D eigenvalue weighted by Crippen LogP contribution is -2.51. The molecule has 15 nitrogen and oxygen atoms in total. The van der Waals surface area contributed by atoms with Gasteiger partial charge in [0, 0.05) is 56.6 Å². The van der Waals surface area contributed by atoms with E-state index in [1.165, 1.54) is 12.1 Å². The summed E-state index contributed by atoms with van der Waals surface area (Å²) in [4.78, 5) is 41.0. The third-order valence-electron chi connectivity index (χ3n) is 8.25. The molecule has 2 aliphatic heterocycles. The van der Waals surface area contributed by atoms with Crippen LogP contribution in [0.4, 0.5) is 17.3 Å². The van der Waals surface area contributed by atoms with Gasteiger partial charge in [0.1, 0.15) is 10.6 Å². The van der Waals surface area contributed by atoms with Crippen LogP contribution in [0.1, 0.15) is 17.3 Å². The normalized spacial score (nSPS) is 16.4. The van der Waals surface area contributed by atoms with Crippen molar-refractivity contribution in [2.24, 2.45) is 7.05 Å². The van der Waals surface area contributed by atoms with Gasteiger partial charge in [-0.05, 0) is 38.2 Å². The maximum absolute atomic E-state index is 13.1. The molecule has 2 aromatic carbocycles. The Balaban J connectivity index is 0.000000280. The molecule has 1 saturated heterocycles. The molecule has 0 saturated carbocycles. The Kier molecular flexibility index (Phi) is 9.12. The zero-order chi connectivity index (χ0) is 34.0. The molecule has 5 heterocycles. The number of amides is 2. The summed E-state index contributed by atoms with van der Waals surface area (Å²) in [6, 6.07) is 13.6. The average molecular weight is 673 g/mol. The van der Waals surface area contributed by atoms with E-state index in [-0.39, 0.29) is 22.4 Å².